The highest BCUT2D eigenvalue weighted by Gasteiger charge is 2.30. The van der Waals surface area contributed by atoms with E-state index in [1.807, 2.05) is 6.07 Å². The van der Waals surface area contributed by atoms with E-state index in [4.69, 9.17) is 9.15 Å². The summed E-state index contributed by atoms with van der Waals surface area (Å²) in [5, 5.41) is 6.78. The van der Waals surface area contributed by atoms with E-state index in [2.05, 4.69) is 24.5 Å². The van der Waals surface area contributed by atoms with Crippen molar-refractivity contribution in [3.05, 3.63) is 90.0 Å². The SMILES string of the molecule is O=C(N=S1(=O)CCN(C(=O)N(Cc2cnc(-c3nnc(C(F)F)o3)cn2)c2cccc(F)c2)CC1)OCc1ccccc1. The predicted molar refractivity (Wildman–Crippen MR) is 147 cm³/mol. The number of amides is 3. The summed E-state index contributed by atoms with van der Waals surface area (Å²) in [6.45, 7) is -0.106. The molecule has 0 saturated carbocycles. The zero-order chi connectivity index (χ0) is 30.4. The van der Waals surface area contributed by atoms with Gasteiger partial charge in [-0.3, -0.25) is 9.88 Å². The van der Waals surface area contributed by atoms with Gasteiger partial charge >= 0.3 is 18.5 Å². The van der Waals surface area contributed by atoms with Gasteiger partial charge in [0, 0.05) is 18.8 Å². The summed E-state index contributed by atoms with van der Waals surface area (Å²) in [5.74, 6) is -1.80. The largest absolute Gasteiger partial charge is 0.443 e. The smallest absolute Gasteiger partial charge is 0.442 e. The molecule has 0 unspecified atom stereocenters. The molecule has 1 aliphatic rings. The molecule has 0 aliphatic carbocycles. The van der Waals surface area contributed by atoms with Gasteiger partial charge in [0.15, 0.2) is 0 Å². The van der Waals surface area contributed by atoms with Crippen molar-refractivity contribution in [2.45, 2.75) is 19.6 Å². The van der Waals surface area contributed by atoms with Gasteiger partial charge in [-0.05, 0) is 23.8 Å². The van der Waals surface area contributed by atoms with Crippen LogP contribution in [0.3, 0.4) is 0 Å². The fourth-order valence-corrected chi connectivity index (χ4v) is 5.83. The molecule has 3 heterocycles. The van der Waals surface area contributed by atoms with E-state index in [1.165, 1.54) is 46.5 Å². The van der Waals surface area contributed by atoms with Gasteiger partial charge in [0.05, 0.1) is 45.9 Å². The average Bonchev–Trinajstić information content (AvgIpc) is 3.51. The Morgan fingerprint density at radius 3 is 2.47 bits per heavy atom. The maximum atomic E-state index is 14.1. The third-order valence-corrected chi connectivity index (χ3v) is 8.42. The van der Waals surface area contributed by atoms with E-state index < -0.39 is 40.0 Å². The van der Waals surface area contributed by atoms with Gasteiger partial charge in [-0.1, -0.05) is 36.4 Å². The van der Waals surface area contributed by atoms with Gasteiger partial charge in [-0.2, -0.15) is 8.78 Å². The van der Waals surface area contributed by atoms with Crippen molar-refractivity contribution in [2.75, 3.05) is 29.5 Å². The van der Waals surface area contributed by atoms with Crippen molar-refractivity contribution >= 4 is 27.5 Å². The van der Waals surface area contributed by atoms with Gasteiger partial charge in [0.1, 0.15) is 18.1 Å². The number of hydrogen-bond donors (Lipinski definition) is 0. The van der Waals surface area contributed by atoms with Gasteiger partial charge in [0.2, 0.25) is 0 Å². The summed E-state index contributed by atoms with van der Waals surface area (Å²) in [7, 11) is -2.96. The number of aromatic nitrogens is 4. The van der Waals surface area contributed by atoms with Crippen LogP contribution in [0.15, 0.2) is 75.8 Å². The molecule has 0 spiro atoms. The lowest BCUT2D eigenvalue weighted by Crippen LogP contribution is -2.50. The second-order valence-corrected chi connectivity index (χ2v) is 11.8. The molecule has 12 nitrogen and oxygen atoms in total. The average molecular weight is 616 g/mol. The lowest BCUT2D eigenvalue weighted by atomic mass is 10.2. The highest BCUT2D eigenvalue weighted by Crippen LogP contribution is 2.24. The van der Waals surface area contributed by atoms with Crippen LogP contribution in [0.25, 0.3) is 11.6 Å². The second-order valence-electron chi connectivity index (χ2n) is 9.29. The fourth-order valence-electron chi connectivity index (χ4n) is 4.10. The van der Waals surface area contributed by atoms with Crippen molar-refractivity contribution in [3.63, 3.8) is 0 Å². The quantitative estimate of drug-likeness (QED) is 0.285. The third-order valence-electron chi connectivity index (χ3n) is 6.30. The van der Waals surface area contributed by atoms with Crippen molar-refractivity contribution < 1.29 is 36.1 Å². The van der Waals surface area contributed by atoms with Crippen molar-refractivity contribution in [3.8, 4) is 11.6 Å². The first-order valence-corrected chi connectivity index (χ1v) is 14.7. The van der Waals surface area contributed by atoms with E-state index in [-0.39, 0.29) is 60.7 Å². The zero-order valence-electron chi connectivity index (χ0n) is 22.4. The summed E-state index contributed by atoms with van der Waals surface area (Å²) in [4.78, 5) is 36.9. The summed E-state index contributed by atoms with van der Waals surface area (Å²) in [6, 6.07) is 13.8. The minimum atomic E-state index is -2.96. The minimum Gasteiger partial charge on any atom is -0.443 e. The topological polar surface area (TPSA) is 144 Å². The fraction of sp³-hybridized carbons (Fsp3) is 0.259. The Hall–Kier alpha value is -4.86. The predicted octanol–water partition coefficient (Wildman–Crippen LogP) is 4.85. The summed E-state index contributed by atoms with van der Waals surface area (Å²) in [5.41, 5.74) is 1.32. The molecule has 3 amide bonds. The summed E-state index contributed by atoms with van der Waals surface area (Å²) < 4.78 is 66.7. The molecule has 5 rings (SSSR count). The van der Waals surface area contributed by atoms with Crippen molar-refractivity contribution in [2.24, 2.45) is 4.36 Å². The maximum Gasteiger partial charge on any atom is 0.442 e. The van der Waals surface area contributed by atoms with Crippen molar-refractivity contribution in [1.29, 1.82) is 0 Å². The Morgan fingerprint density at radius 2 is 1.81 bits per heavy atom. The van der Waals surface area contributed by atoms with E-state index in [0.29, 0.717) is 0 Å². The number of carbonyl (C=O) groups excluding carboxylic acids is 2. The Bertz CT molecular complexity index is 1700. The normalized spacial score (nSPS) is 14.4. The molecule has 1 aliphatic heterocycles. The number of hydrogen-bond acceptors (Lipinski definition) is 9. The van der Waals surface area contributed by atoms with E-state index in [9.17, 15) is 27.0 Å². The lowest BCUT2D eigenvalue weighted by Gasteiger charge is -2.33. The maximum absolute atomic E-state index is 14.1. The van der Waals surface area contributed by atoms with Crippen LogP contribution in [0.5, 0.6) is 0 Å². The van der Waals surface area contributed by atoms with Crippen LogP contribution in [-0.4, -0.2) is 66.0 Å². The van der Waals surface area contributed by atoms with Crippen LogP contribution in [0, 0.1) is 5.82 Å². The highest BCUT2D eigenvalue weighted by atomic mass is 32.2. The third kappa shape index (κ3) is 7.51. The second kappa shape index (κ2) is 13.0. The number of nitrogens with zero attached hydrogens (tertiary/aromatic N) is 7. The molecular weight excluding hydrogens is 591 g/mol. The number of alkyl halides is 2. The Morgan fingerprint density at radius 1 is 1.05 bits per heavy atom. The van der Waals surface area contributed by atoms with Crippen LogP contribution in [0.2, 0.25) is 0 Å². The molecule has 2 aromatic heterocycles. The molecule has 224 valence electrons. The number of ether oxygens (including phenoxy) is 1. The first-order chi connectivity index (χ1) is 20.7. The molecule has 43 heavy (non-hydrogen) atoms. The minimum absolute atomic E-state index is 0.0125. The van der Waals surface area contributed by atoms with Crippen molar-refractivity contribution in [1.82, 2.24) is 25.1 Å². The van der Waals surface area contributed by atoms with Gasteiger partial charge in [0.25, 0.3) is 11.8 Å². The number of anilines is 1. The standard InChI is InChI=1S/C27H24F3N7O5S/c28-19-7-4-8-21(13-19)37(16-20-14-32-22(15-31-20)24-33-34-25(42-24)23(29)30)27(39)36-9-11-43(40,12-10-36)35-26(38)41-17-18-5-2-1-3-6-18/h1-8,13-15,23H,9-12,16-17H2. The van der Waals surface area contributed by atoms with Crippen LogP contribution in [0.1, 0.15) is 23.6 Å². The number of rotatable bonds is 7. The summed E-state index contributed by atoms with van der Waals surface area (Å²) >= 11 is 0. The number of benzene rings is 2. The number of carbonyl (C=O) groups is 2. The molecule has 0 atom stereocenters. The molecule has 0 radical (unpaired) electrons. The van der Waals surface area contributed by atoms with E-state index in [0.717, 1.165) is 5.56 Å². The van der Waals surface area contributed by atoms with Crippen LogP contribution in [0.4, 0.5) is 28.4 Å². The first-order valence-electron chi connectivity index (χ1n) is 12.9. The number of urea groups is 1. The number of halogens is 3. The molecule has 1 fully saturated rings. The lowest BCUT2D eigenvalue weighted by molar-refractivity contribution is 0.116. The van der Waals surface area contributed by atoms with E-state index in [1.54, 1.807) is 24.3 Å². The van der Waals surface area contributed by atoms with E-state index >= 15 is 0 Å². The first kappa shape index (κ1) is 29.6. The molecule has 16 heteroatoms. The Labute approximate surface area is 243 Å². The van der Waals surface area contributed by atoms with Crippen LogP contribution < -0.4 is 4.90 Å². The van der Waals surface area contributed by atoms with Gasteiger partial charge in [-0.15, -0.1) is 14.6 Å². The zero-order valence-corrected chi connectivity index (χ0v) is 23.2. The van der Waals surface area contributed by atoms with Gasteiger partial charge < -0.3 is 14.1 Å². The molecule has 2 aromatic carbocycles. The van der Waals surface area contributed by atoms with Gasteiger partial charge in [-0.25, -0.2) is 23.2 Å². The molecule has 1 saturated heterocycles. The van der Waals surface area contributed by atoms with Crippen LogP contribution >= 0.6 is 0 Å². The Kier molecular flexibility index (Phi) is 8.94. The van der Waals surface area contributed by atoms with Crippen LogP contribution in [-0.2, 0) is 27.6 Å². The summed E-state index contributed by atoms with van der Waals surface area (Å²) in [6.07, 6.45) is -1.36. The highest BCUT2D eigenvalue weighted by molar-refractivity contribution is 7.94. The molecule has 4 aromatic rings. The molecule has 0 N–H and O–H groups in total. The Balaban J connectivity index is 1.27. The monoisotopic (exact) mass is 615 g/mol. The molecular formula is C27H24F3N7O5S. The molecule has 0 bridgehead atoms.